The number of carbonyl (C=O) groups excluding carboxylic acids is 1. The van der Waals surface area contributed by atoms with Crippen molar-refractivity contribution in [2.45, 2.75) is 31.1 Å². The zero-order chi connectivity index (χ0) is 24.6. The number of amides is 1. The Labute approximate surface area is 207 Å². The van der Waals surface area contributed by atoms with Crippen molar-refractivity contribution < 1.29 is 17.9 Å². The lowest BCUT2D eigenvalue weighted by Gasteiger charge is -2.31. The second-order valence-electron chi connectivity index (χ2n) is 8.22. The molecule has 2 N–H and O–H groups in total. The van der Waals surface area contributed by atoms with Gasteiger partial charge in [-0.1, -0.05) is 19.8 Å². The topological polar surface area (TPSA) is 91.0 Å². The molecule has 184 valence electrons. The molecule has 0 aliphatic carbocycles. The van der Waals surface area contributed by atoms with Crippen LogP contribution in [-0.4, -0.2) is 68.5 Å². The summed E-state index contributed by atoms with van der Waals surface area (Å²) in [5, 5.41) is 5.68. The van der Waals surface area contributed by atoms with Gasteiger partial charge in [0.15, 0.2) is 5.11 Å². The molecule has 1 aliphatic rings. The zero-order valence-corrected chi connectivity index (χ0v) is 21.3. The maximum Gasteiger partial charge on any atom is 0.257 e. The van der Waals surface area contributed by atoms with Gasteiger partial charge in [0.2, 0.25) is 10.0 Å². The third-order valence-electron chi connectivity index (χ3n) is 5.57. The Morgan fingerprint density at radius 3 is 2.26 bits per heavy atom. The van der Waals surface area contributed by atoms with E-state index in [0.717, 1.165) is 25.0 Å². The van der Waals surface area contributed by atoms with Gasteiger partial charge in [0.05, 0.1) is 11.5 Å². The van der Waals surface area contributed by atoms with Gasteiger partial charge in [-0.15, -0.1) is 0 Å². The van der Waals surface area contributed by atoms with Gasteiger partial charge in [-0.2, -0.15) is 4.31 Å². The Kier molecular flexibility index (Phi) is 9.40. The molecule has 3 rings (SSSR count). The van der Waals surface area contributed by atoms with Gasteiger partial charge in [0, 0.05) is 37.4 Å². The summed E-state index contributed by atoms with van der Waals surface area (Å²) in [4.78, 5) is 14.8. The fourth-order valence-electron chi connectivity index (χ4n) is 3.47. The molecule has 1 heterocycles. The monoisotopic (exact) mass is 504 g/mol. The number of piperazine rings is 1. The standard InChI is InChI=1S/C24H32N4O4S2/c1-3-4-5-18-32-21-10-6-19(7-11-21)23(29)26-24(33)25-20-8-12-22(13-9-20)34(30,31)28-16-14-27(2)15-17-28/h6-13H,3-5,14-18H2,1-2H3,(H2,25,26,29,33). The van der Waals surface area contributed by atoms with E-state index in [0.29, 0.717) is 44.0 Å². The summed E-state index contributed by atoms with van der Waals surface area (Å²) in [7, 11) is -1.55. The molecule has 1 saturated heterocycles. The summed E-state index contributed by atoms with van der Waals surface area (Å²) in [6.07, 6.45) is 3.26. The molecule has 8 nitrogen and oxygen atoms in total. The molecule has 1 fully saturated rings. The third-order valence-corrected chi connectivity index (χ3v) is 7.69. The van der Waals surface area contributed by atoms with Crippen molar-refractivity contribution in [3.8, 4) is 5.75 Å². The Morgan fingerprint density at radius 2 is 1.65 bits per heavy atom. The SMILES string of the molecule is CCCCCOc1ccc(C(=O)NC(=S)Nc2ccc(S(=O)(=O)N3CCN(C)CC3)cc2)cc1. The zero-order valence-electron chi connectivity index (χ0n) is 19.6. The lowest BCUT2D eigenvalue weighted by atomic mass is 10.2. The normalized spacial score (nSPS) is 15.0. The van der Waals surface area contributed by atoms with Crippen LogP contribution >= 0.6 is 12.2 Å². The quantitative estimate of drug-likeness (QED) is 0.400. The molecule has 34 heavy (non-hydrogen) atoms. The summed E-state index contributed by atoms with van der Waals surface area (Å²) in [5.74, 6) is 0.379. The first-order valence-corrected chi connectivity index (χ1v) is 13.3. The summed E-state index contributed by atoms with van der Waals surface area (Å²) in [5.41, 5.74) is 1.04. The lowest BCUT2D eigenvalue weighted by Crippen LogP contribution is -2.46. The average molecular weight is 505 g/mol. The van der Waals surface area contributed by atoms with Gasteiger partial charge < -0.3 is 15.0 Å². The summed E-state index contributed by atoms with van der Waals surface area (Å²) in [6.45, 7) is 5.16. The number of carbonyl (C=O) groups is 1. The molecule has 1 amide bonds. The number of ether oxygens (including phenoxy) is 1. The molecular weight excluding hydrogens is 472 g/mol. The van der Waals surface area contributed by atoms with Crippen LogP contribution in [0.15, 0.2) is 53.4 Å². The van der Waals surface area contributed by atoms with Crippen molar-refractivity contribution in [1.82, 2.24) is 14.5 Å². The molecule has 0 unspecified atom stereocenters. The van der Waals surface area contributed by atoms with Crippen LogP contribution in [0.3, 0.4) is 0 Å². The molecule has 0 aromatic heterocycles. The maximum atomic E-state index is 12.8. The number of benzene rings is 2. The van der Waals surface area contributed by atoms with Gasteiger partial charge in [0.1, 0.15) is 5.75 Å². The van der Waals surface area contributed by atoms with Crippen molar-refractivity contribution in [3.63, 3.8) is 0 Å². The number of rotatable bonds is 9. The number of sulfonamides is 1. The second-order valence-corrected chi connectivity index (χ2v) is 10.6. The van der Waals surface area contributed by atoms with Crippen molar-refractivity contribution in [1.29, 1.82) is 0 Å². The number of nitrogens with zero attached hydrogens (tertiary/aromatic N) is 2. The van der Waals surface area contributed by atoms with Crippen LogP contribution in [0.2, 0.25) is 0 Å². The molecule has 0 bridgehead atoms. The highest BCUT2D eigenvalue weighted by molar-refractivity contribution is 7.89. The summed E-state index contributed by atoms with van der Waals surface area (Å²) < 4.78 is 32.8. The molecule has 2 aromatic carbocycles. The van der Waals surface area contributed by atoms with Crippen LogP contribution in [-0.2, 0) is 10.0 Å². The highest BCUT2D eigenvalue weighted by Crippen LogP contribution is 2.20. The van der Waals surface area contributed by atoms with Gasteiger partial charge in [0.25, 0.3) is 5.91 Å². The first-order chi connectivity index (χ1) is 16.3. The number of likely N-dealkylation sites (N-methyl/N-ethyl adjacent to an activating group) is 1. The molecule has 2 aromatic rings. The Balaban J connectivity index is 1.51. The van der Waals surface area contributed by atoms with Crippen LogP contribution in [0, 0.1) is 0 Å². The van der Waals surface area contributed by atoms with Gasteiger partial charge in [-0.05, 0) is 74.2 Å². The highest BCUT2D eigenvalue weighted by Gasteiger charge is 2.27. The molecule has 0 radical (unpaired) electrons. The number of unbranched alkanes of at least 4 members (excludes halogenated alkanes) is 2. The number of anilines is 1. The fourth-order valence-corrected chi connectivity index (χ4v) is 5.10. The first-order valence-electron chi connectivity index (χ1n) is 11.4. The minimum atomic E-state index is -3.53. The number of hydrogen-bond donors (Lipinski definition) is 2. The van der Waals surface area contributed by atoms with E-state index in [9.17, 15) is 13.2 Å². The Bertz CT molecular complexity index is 1070. The largest absolute Gasteiger partial charge is 0.494 e. The second kappa shape index (κ2) is 12.3. The third kappa shape index (κ3) is 7.23. The fraction of sp³-hybridized carbons (Fsp3) is 0.417. The Hall–Kier alpha value is -2.53. The van der Waals surface area contributed by atoms with Crippen molar-refractivity contribution in [2.75, 3.05) is 45.2 Å². The van der Waals surface area contributed by atoms with E-state index in [1.807, 2.05) is 7.05 Å². The molecular formula is C24H32N4O4S2. The van der Waals surface area contributed by atoms with E-state index >= 15 is 0 Å². The average Bonchev–Trinajstić information content (AvgIpc) is 2.83. The van der Waals surface area contributed by atoms with E-state index in [1.54, 1.807) is 48.5 Å². The molecule has 0 saturated carbocycles. The van der Waals surface area contributed by atoms with Crippen LogP contribution in [0.1, 0.15) is 36.5 Å². The smallest absolute Gasteiger partial charge is 0.257 e. The predicted octanol–water partition coefficient (Wildman–Crippen LogP) is 3.32. The minimum Gasteiger partial charge on any atom is -0.494 e. The predicted molar refractivity (Wildman–Crippen MR) is 138 cm³/mol. The molecule has 10 heteroatoms. The summed E-state index contributed by atoms with van der Waals surface area (Å²) in [6, 6.07) is 13.2. The van der Waals surface area contributed by atoms with Crippen molar-refractivity contribution in [2.24, 2.45) is 0 Å². The van der Waals surface area contributed by atoms with E-state index < -0.39 is 10.0 Å². The van der Waals surface area contributed by atoms with Crippen LogP contribution in [0.5, 0.6) is 5.75 Å². The molecule has 1 aliphatic heterocycles. The molecule has 0 spiro atoms. The maximum absolute atomic E-state index is 12.8. The van der Waals surface area contributed by atoms with E-state index in [4.69, 9.17) is 17.0 Å². The van der Waals surface area contributed by atoms with Crippen LogP contribution in [0.25, 0.3) is 0 Å². The van der Waals surface area contributed by atoms with Gasteiger partial charge >= 0.3 is 0 Å². The Morgan fingerprint density at radius 1 is 1.00 bits per heavy atom. The summed E-state index contributed by atoms with van der Waals surface area (Å²) >= 11 is 5.24. The van der Waals surface area contributed by atoms with Gasteiger partial charge in [-0.25, -0.2) is 8.42 Å². The van der Waals surface area contributed by atoms with E-state index in [-0.39, 0.29) is 15.9 Å². The van der Waals surface area contributed by atoms with E-state index in [2.05, 4.69) is 22.5 Å². The van der Waals surface area contributed by atoms with Gasteiger partial charge in [-0.3, -0.25) is 10.1 Å². The first kappa shape index (κ1) is 26.1. The molecule has 0 atom stereocenters. The van der Waals surface area contributed by atoms with Crippen LogP contribution < -0.4 is 15.4 Å². The number of nitrogens with one attached hydrogen (secondary N) is 2. The van der Waals surface area contributed by atoms with E-state index in [1.165, 1.54) is 4.31 Å². The number of thiocarbonyl (C=S) groups is 1. The highest BCUT2D eigenvalue weighted by atomic mass is 32.2. The minimum absolute atomic E-state index is 0.125. The van der Waals surface area contributed by atoms with Crippen molar-refractivity contribution in [3.05, 3.63) is 54.1 Å². The van der Waals surface area contributed by atoms with Crippen molar-refractivity contribution >= 4 is 38.9 Å². The lowest BCUT2D eigenvalue weighted by molar-refractivity contribution is 0.0977. The number of hydrogen-bond acceptors (Lipinski definition) is 6. The van der Waals surface area contributed by atoms with Crippen LogP contribution in [0.4, 0.5) is 5.69 Å².